The van der Waals surface area contributed by atoms with Gasteiger partial charge in [-0.15, -0.1) is 0 Å². The normalized spacial score (nSPS) is 9.67. The van der Waals surface area contributed by atoms with Crippen LogP contribution in [0.15, 0.2) is 18.2 Å². The van der Waals surface area contributed by atoms with Crippen LogP contribution in [0.5, 0.6) is 5.75 Å². The number of benzene rings is 1. The van der Waals surface area contributed by atoms with E-state index in [2.05, 4.69) is 4.74 Å². The minimum absolute atomic E-state index is 0.177. The second-order valence-electron chi connectivity index (χ2n) is 3.34. The Bertz CT molecular complexity index is 496. The van der Waals surface area contributed by atoms with Crippen LogP contribution in [0.2, 0.25) is 0 Å². The highest BCUT2D eigenvalue weighted by Gasteiger charge is 2.19. The second-order valence-corrected chi connectivity index (χ2v) is 3.34. The molecule has 1 aromatic rings. The lowest BCUT2D eigenvalue weighted by molar-refractivity contribution is -0.384. The summed E-state index contributed by atoms with van der Waals surface area (Å²) in [6.07, 6.45) is -0.308. The molecule has 7 heteroatoms. The van der Waals surface area contributed by atoms with Gasteiger partial charge in [-0.2, -0.15) is 0 Å². The molecule has 0 aliphatic rings. The zero-order valence-electron chi connectivity index (χ0n) is 9.84. The molecule has 0 saturated carbocycles. The van der Waals surface area contributed by atoms with Crippen molar-refractivity contribution in [2.75, 3.05) is 14.2 Å². The first-order chi connectivity index (χ1) is 8.49. The van der Waals surface area contributed by atoms with Crippen LogP contribution in [-0.4, -0.2) is 30.9 Å². The maximum absolute atomic E-state index is 11.4. The number of methoxy groups -OCH3 is 2. The van der Waals surface area contributed by atoms with Gasteiger partial charge in [-0.1, -0.05) is 0 Å². The van der Waals surface area contributed by atoms with E-state index in [1.54, 1.807) is 0 Å². The van der Waals surface area contributed by atoms with E-state index in [4.69, 9.17) is 4.74 Å². The predicted molar refractivity (Wildman–Crippen MR) is 60.4 cm³/mol. The number of ketones is 1. The van der Waals surface area contributed by atoms with E-state index >= 15 is 0 Å². The number of carbonyl (C=O) groups excluding carboxylic acids is 2. The van der Waals surface area contributed by atoms with Gasteiger partial charge in [0.05, 0.1) is 19.1 Å². The fourth-order valence-electron chi connectivity index (χ4n) is 1.38. The van der Waals surface area contributed by atoms with Crippen molar-refractivity contribution in [1.29, 1.82) is 0 Å². The number of hydrogen-bond acceptors (Lipinski definition) is 6. The number of Topliss-reactive ketones (excluding diaryl/α,β-unsaturated/α-hetero) is 1. The Hall–Kier alpha value is -2.44. The van der Waals surface area contributed by atoms with Crippen LogP contribution in [0.1, 0.15) is 5.56 Å². The maximum Gasteiger partial charge on any atom is 0.374 e. The van der Waals surface area contributed by atoms with Gasteiger partial charge in [-0.25, -0.2) is 4.79 Å². The monoisotopic (exact) mass is 253 g/mol. The number of ether oxygens (including phenoxy) is 2. The number of nitrogens with zero attached hydrogens (tertiary/aromatic N) is 1. The van der Waals surface area contributed by atoms with E-state index in [0.717, 1.165) is 7.11 Å². The largest absolute Gasteiger partial charge is 0.496 e. The Morgan fingerprint density at radius 3 is 2.50 bits per heavy atom. The van der Waals surface area contributed by atoms with Crippen LogP contribution in [-0.2, 0) is 20.7 Å². The zero-order chi connectivity index (χ0) is 13.7. The molecule has 0 aliphatic heterocycles. The third-order valence-electron chi connectivity index (χ3n) is 2.24. The molecule has 7 nitrogen and oxygen atoms in total. The van der Waals surface area contributed by atoms with Gasteiger partial charge >= 0.3 is 5.97 Å². The molecule has 0 saturated heterocycles. The van der Waals surface area contributed by atoms with Crippen molar-refractivity contribution < 1.29 is 24.0 Å². The minimum Gasteiger partial charge on any atom is -0.496 e. The fraction of sp³-hybridized carbons (Fsp3) is 0.273. The molecule has 1 rings (SSSR count). The number of nitro benzene ring substituents is 1. The highest BCUT2D eigenvalue weighted by Crippen LogP contribution is 2.24. The molecule has 1 aromatic carbocycles. The lowest BCUT2D eigenvalue weighted by Crippen LogP contribution is -2.18. The van der Waals surface area contributed by atoms with Gasteiger partial charge in [0.2, 0.25) is 5.78 Å². The first-order valence-corrected chi connectivity index (χ1v) is 4.92. The van der Waals surface area contributed by atoms with Gasteiger partial charge in [0.25, 0.3) is 5.69 Å². The summed E-state index contributed by atoms with van der Waals surface area (Å²) in [5, 5.41) is 10.6. The van der Waals surface area contributed by atoms with Gasteiger partial charge in [0, 0.05) is 24.1 Å². The Labute approximate surface area is 102 Å². The molecular weight excluding hydrogens is 242 g/mol. The summed E-state index contributed by atoms with van der Waals surface area (Å²) < 4.78 is 9.24. The molecule has 0 spiro atoms. The lowest BCUT2D eigenvalue weighted by Gasteiger charge is -2.06. The number of nitro groups is 1. The van der Waals surface area contributed by atoms with Crippen molar-refractivity contribution in [2.45, 2.75) is 6.42 Å². The van der Waals surface area contributed by atoms with Gasteiger partial charge in [0.15, 0.2) is 0 Å². The lowest BCUT2D eigenvalue weighted by atomic mass is 10.1. The van der Waals surface area contributed by atoms with E-state index in [1.165, 1.54) is 25.3 Å². The zero-order valence-corrected chi connectivity index (χ0v) is 9.84. The van der Waals surface area contributed by atoms with E-state index in [0.29, 0.717) is 5.75 Å². The van der Waals surface area contributed by atoms with Crippen molar-refractivity contribution in [1.82, 2.24) is 0 Å². The molecule has 0 amide bonds. The van der Waals surface area contributed by atoms with Crippen LogP contribution < -0.4 is 4.74 Å². The molecule has 0 fully saturated rings. The summed E-state index contributed by atoms with van der Waals surface area (Å²) in [6.45, 7) is 0. The first-order valence-electron chi connectivity index (χ1n) is 4.92. The molecule has 18 heavy (non-hydrogen) atoms. The van der Waals surface area contributed by atoms with E-state index in [1.807, 2.05) is 0 Å². The highest BCUT2D eigenvalue weighted by molar-refractivity contribution is 6.34. The smallest absolute Gasteiger partial charge is 0.374 e. The van der Waals surface area contributed by atoms with Crippen LogP contribution in [0.3, 0.4) is 0 Å². The molecule has 0 atom stereocenters. The summed E-state index contributed by atoms with van der Waals surface area (Å²) in [7, 11) is 2.46. The van der Waals surface area contributed by atoms with Crippen molar-refractivity contribution in [3.63, 3.8) is 0 Å². The van der Waals surface area contributed by atoms with Crippen molar-refractivity contribution in [3.8, 4) is 5.75 Å². The SMILES string of the molecule is COC(=O)C(=O)Cc1cc([N+](=O)[O-])ccc1OC. The Balaban J connectivity index is 3.05. The van der Waals surface area contributed by atoms with E-state index < -0.39 is 16.7 Å². The molecule has 0 aromatic heterocycles. The Morgan fingerprint density at radius 1 is 1.33 bits per heavy atom. The average molecular weight is 253 g/mol. The van der Waals surface area contributed by atoms with Crippen LogP contribution in [0, 0.1) is 10.1 Å². The number of hydrogen-bond donors (Lipinski definition) is 0. The molecule has 0 unspecified atom stereocenters. The summed E-state index contributed by atoms with van der Waals surface area (Å²) in [5.74, 6) is -1.49. The topological polar surface area (TPSA) is 95.7 Å². The van der Waals surface area contributed by atoms with Gasteiger partial charge < -0.3 is 9.47 Å². The van der Waals surface area contributed by atoms with E-state index in [-0.39, 0.29) is 17.7 Å². The second kappa shape index (κ2) is 5.76. The highest BCUT2D eigenvalue weighted by atomic mass is 16.6. The van der Waals surface area contributed by atoms with Crippen molar-refractivity contribution >= 4 is 17.4 Å². The van der Waals surface area contributed by atoms with Gasteiger partial charge in [-0.05, 0) is 6.07 Å². The van der Waals surface area contributed by atoms with Crippen molar-refractivity contribution in [2.24, 2.45) is 0 Å². The van der Waals surface area contributed by atoms with Crippen LogP contribution in [0.4, 0.5) is 5.69 Å². The summed E-state index contributed by atoms with van der Waals surface area (Å²) >= 11 is 0. The predicted octanol–water partition coefficient (Wildman–Crippen LogP) is 0.888. The van der Waals surface area contributed by atoms with Crippen LogP contribution in [0.25, 0.3) is 0 Å². The summed E-state index contributed by atoms with van der Waals surface area (Å²) in [5.41, 5.74) is 0.0885. The van der Waals surface area contributed by atoms with Gasteiger partial charge in [-0.3, -0.25) is 14.9 Å². The van der Waals surface area contributed by atoms with Crippen molar-refractivity contribution in [3.05, 3.63) is 33.9 Å². The number of non-ortho nitro benzene ring substituents is 1. The molecular formula is C11H11NO6. The van der Waals surface area contributed by atoms with E-state index in [9.17, 15) is 19.7 Å². The number of esters is 1. The standard InChI is InChI=1S/C11H11NO6/c1-17-10-4-3-8(12(15)16)5-7(10)6-9(13)11(14)18-2/h3-5H,6H2,1-2H3. The maximum atomic E-state index is 11.4. The molecule has 0 heterocycles. The average Bonchev–Trinajstić information content (AvgIpc) is 2.37. The summed E-state index contributed by atoms with van der Waals surface area (Å²) in [6, 6.07) is 3.82. The Morgan fingerprint density at radius 2 is 2.00 bits per heavy atom. The third kappa shape index (κ3) is 3.03. The molecule has 0 aliphatic carbocycles. The number of rotatable bonds is 5. The quantitative estimate of drug-likeness (QED) is 0.334. The van der Waals surface area contributed by atoms with Crippen LogP contribution >= 0.6 is 0 Å². The van der Waals surface area contributed by atoms with Gasteiger partial charge in [0.1, 0.15) is 5.75 Å². The fourth-order valence-corrected chi connectivity index (χ4v) is 1.38. The Kier molecular flexibility index (Phi) is 4.36. The number of carbonyl (C=O) groups is 2. The molecule has 96 valence electrons. The third-order valence-corrected chi connectivity index (χ3v) is 2.24. The first kappa shape index (κ1) is 13.6. The summed E-state index contributed by atoms with van der Waals surface area (Å²) in [4.78, 5) is 32.4. The molecule has 0 radical (unpaired) electrons. The molecule has 0 N–H and O–H groups in total. The molecule has 0 bridgehead atoms. The minimum atomic E-state index is -0.997.